The third kappa shape index (κ3) is 3.80. The molecule has 0 aliphatic heterocycles. The molecule has 112 valence electrons. The van der Waals surface area contributed by atoms with Crippen molar-refractivity contribution >= 4 is 0 Å². The Kier molecular flexibility index (Phi) is 5.55. The highest BCUT2D eigenvalue weighted by molar-refractivity contribution is 5.10. The summed E-state index contributed by atoms with van der Waals surface area (Å²) >= 11 is 0. The highest BCUT2D eigenvalue weighted by atomic mass is 15.2. The first kappa shape index (κ1) is 15.5. The van der Waals surface area contributed by atoms with Crippen LogP contribution in [0.15, 0.2) is 18.2 Å². The highest BCUT2D eigenvalue weighted by Gasteiger charge is 2.31. The van der Waals surface area contributed by atoms with Gasteiger partial charge in [0, 0.05) is 24.3 Å². The number of pyridine rings is 1. The topological polar surface area (TPSA) is 28.2 Å². The summed E-state index contributed by atoms with van der Waals surface area (Å²) in [5.74, 6) is 0.887. The molecule has 1 N–H and O–H groups in total. The van der Waals surface area contributed by atoms with E-state index in [2.05, 4.69) is 61.3 Å². The van der Waals surface area contributed by atoms with Crippen LogP contribution in [0, 0.1) is 12.8 Å². The first-order chi connectivity index (χ1) is 9.63. The molecule has 1 aliphatic carbocycles. The predicted molar refractivity (Wildman–Crippen MR) is 84.7 cm³/mol. The zero-order chi connectivity index (χ0) is 14.5. The van der Waals surface area contributed by atoms with Crippen molar-refractivity contribution in [1.82, 2.24) is 15.2 Å². The molecule has 3 heteroatoms. The van der Waals surface area contributed by atoms with Crippen molar-refractivity contribution in [3.8, 4) is 0 Å². The van der Waals surface area contributed by atoms with Gasteiger partial charge in [0.25, 0.3) is 0 Å². The molecule has 1 aromatic heterocycles. The normalized spacial score (nSPS) is 26.9. The minimum absolute atomic E-state index is 0.618. The average Bonchev–Trinajstić information content (AvgIpc) is 2.46. The van der Waals surface area contributed by atoms with Crippen LogP contribution in [-0.2, 0) is 6.54 Å². The lowest BCUT2D eigenvalue weighted by Gasteiger charge is -2.41. The second-order valence-electron chi connectivity index (χ2n) is 6.24. The van der Waals surface area contributed by atoms with Crippen molar-refractivity contribution in [2.75, 3.05) is 14.1 Å². The molecule has 1 fully saturated rings. The average molecular weight is 275 g/mol. The summed E-state index contributed by atoms with van der Waals surface area (Å²) in [4.78, 5) is 7.13. The van der Waals surface area contributed by atoms with Gasteiger partial charge in [-0.2, -0.15) is 0 Å². The molecule has 0 spiro atoms. The number of aromatic nitrogens is 1. The van der Waals surface area contributed by atoms with E-state index in [1.807, 2.05) is 0 Å². The van der Waals surface area contributed by atoms with E-state index in [4.69, 9.17) is 0 Å². The molecular formula is C17H29N3. The van der Waals surface area contributed by atoms with Gasteiger partial charge in [0.15, 0.2) is 0 Å². The molecule has 1 saturated carbocycles. The largest absolute Gasteiger partial charge is 0.315 e. The standard InChI is InChI=1S/C17H29N3/c1-5-14-9-10-16(18-3)17(11-14)20(4)12-15-8-6-7-13(2)19-15/h6-8,14,16-18H,5,9-12H2,1-4H3. The first-order valence-electron chi connectivity index (χ1n) is 7.94. The number of hydrogen-bond donors (Lipinski definition) is 1. The van der Waals surface area contributed by atoms with E-state index in [-0.39, 0.29) is 0 Å². The van der Waals surface area contributed by atoms with E-state index in [0.29, 0.717) is 12.1 Å². The minimum atomic E-state index is 0.618. The van der Waals surface area contributed by atoms with Gasteiger partial charge in [0.05, 0.1) is 5.69 Å². The Morgan fingerprint density at radius 3 is 2.80 bits per heavy atom. The SMILES string of the molecule is CCC1CCC(NC)C(N(C)Cc2cccc(C)n2)C1. The molecule has 3 unspecified atom stereocenters. The second-order valence-corrected chi connectivity index (χ2v) is 6.24. The molecule has 0 aromatic carbocycles. The summed E-state index contributed by atoms with van der Waals surface area (Å²) < 4.78 is 0. The van der Waals surface area contributed by atoms with E-state index < -0.39 is 0 Å². The van der Waals surface area contributed by atoms with Crippen molar-refractivity contribution in [3.05, 3.63) is 29.6 Å². The summed E-state index contributed by atoms with van der Waals surface area (Å²) in [5.41, 5.74) is 2.29. The summed E-state index contributed by atoms with van der Waals surface area (Å²) in [5, 5.41) is 3.51. The number of nitrogens with one attached hydrogen (secondary N) is 1. The number of rotatable bonds is 5. The van der Waals surface area contributed by atoms with Gasteiger partial charge in [0.2, 0.25) is 0 Å². The van der Waals surface area contributed by atoms with Crippen LogP contribution in [0.25, 0.3) is 0 Å². The summed E-state index contributed by atoms with van der Waals surface area (Å²) in [6.45, 7) is 5.33. The number of hydrogen-bond acceptors (Lipinski definition) is 3. The zero-order valence-corrected chi connectivity index (χ0v) is 13.4. The maximum absolute atomic E-state index is 4.64. The fourth-order valence-electron chi connectivity index (χ4n) is 3.49. The van der Waals surface area contributed by atoms with Crippen molar-refractivity contribution in [2.45, 2.75) is 58.2 Å². The van der Waals surface area contributed by atoms with Crippen molar-refractivity contribution in [1.29, 1.82) is 0 Å². The fraction of sp³-hybridized carbons (Fsp3) is 0.706. The smallest absolute Gasteiger partial charge is 0.0547 e. The quantitative estimate of drug-likeness (QED) is 0.895. The van der Waals surface area contributed by atoms with Gasteiger partial charge in [-0.05, 0) is 58.3 Å². The van der Waals surface area contributed by atoms with Gasteiger partial charge in [-0.1, -0.05) is 19.4 Å². The second kappa shape index (κ2) is 7.19. The maximum atomic E-state index is 4.64. The fourth-order valence-corrected chi connectivity index (χ4v) is 3.49. The van der Waals surface area contributed by atoms with Gasteiger partial charge in [-0.25, -0.2) is 0 Å². The summed E-state index contributed by atoms with van der Waals surface area (Å²) in [6, 6.07) is 7.55. The van der Waals surface area contributed by atoms with E-state index in [0.717, 1.165) is 18.2 Å². The molecule has 1 aromatic rings. The third-order valence-corrected chi connectivity index (χ3v) is 4.80. The number of nitrogens with zero attached hydrogens (tertiary/aromatic N) is 2. The molecule has 20 heavy (non-hydrogen) atoms. The Morgan fingerprint density at radius 1 is 1.35 bits per heavy atom. The van der Waals surface area contributed by atoms with Gasteiger partial charge in [0.1, 0.15) is 0 Å². The lowest BCUT2D eigenvalue weighted by molar-refractivity contribution is 0.115. The molecule has 1 aliphatic rings. The van der Waals surface area contributed by atoms with Crippen LogP contribution in [0.1, 0.15) is 44.0 Å². The summed E-state index contributed by atoms with van der Waals surface area (Å²) in [7, 11) is 4.35. The van der Waals surface area contributed by atoms with Gasteiger partial charge < -0.3 is 5.32 Å². The van der Waals surface area contributed by atoms with Crippen LogP contribution >= 0.6 is 0 Å². The monoisotopic (exact) mass is 275 g/mol. The molecule has 3 atom stereocenters. The van der Waals surface area contributed by atoms with Crippen molar-refractivity contribution in [2.24, 2.45) is 5.92 Å². The lowest BCUT2D eigenvalue weighted by atomic mass is 9.80. The zero-order valence-electron chi connectivity index (χ0n) is 13.4. The molecule has 0 radical (unpaired) electrons. The third-order valence-electron chi connectivity index (χ3n) is 4.80. The van der Waals surface area contributed by atoms with Crippen LogP contribution in [0.4, 0.5) is 0 Å². The molecule has 3 nitrogen and oxygen atoms in total. The maximum Gasteiger partial charge on any atom is 0.0547 e. The van der Waals surface area contributed by atoms with Gasteiger partial charge >= 0.3 is 0 Å². The molecule has 2 rings (SSSR count). The highest BCUT2D eigenvalue weighted by Crippen LogP contribution is 2.30. The molecule has 1 heterocycles. The Hall–Kier alpha value is -0.930. The van der Waals surface area contributed by atoms with Crippen molar-refractivity contribution < 1.29 is 0 Å². The first-order valence-corrected chi connectivity index (χ1v) is 7.94. The Morgan fingerprint density at radius 2 is 2.15 bits per heavy atom. The van der Waals surface area contributed by atoms with Crippen LogP contribution in [0.5, 0.6) is 0 Å². The molecule has 0 amide bonds. The van der Waals surface area contributed by atoms with E-state index in [1.54, 1.807) is 0 Å². The van der Waals surface area contributed by atoms with E-state index in [1.165, 1.54) is 31.4 Å². The van der Waals surface area contributed by atoms with E-state index in [9.17, 15) is 0 Å². The molecule has 0 saturated heterocycles. The van der Waals surface area contributed by atoms with Gasteiger partial charge in [-0.3, -0.25) is 9.88 Å². The number of likely N-dealkylation sites (N-methyl/N-ethyl adjacent to an activating group) is 2. The molecular weight excluding hydrogens is 246 g/mol. The van der Waals surface area contributed by atoms with Gasteiger partial charge in [-0.15, -0.1) is 0 Å². The molecule has 0 bridgehead atoms. The van der Waals surface area contributed by atoms with Crippen molar-refractivity contribution in [3.63, 3.8) is 0 Å². The Labute approximate surface area is 123 Å². The minimum Gasteiger partial charge on any atom is -0.315 e. The van der Waals surface area contributed by atoms with Crippen LogP contribution < -0.4 is 5.32 Å². The van der Waals surface area contributed by atoms with E-state index >= 15 is 0 Å². The predicted octanol–water partition coefficient (Wildman–Crippen LogP) is 2.99. The lowest BCUT2D eigenvalue weighted by Crippen LogP contribution is -2.50. The summed E-state index contributed by atoms with van der Waals surface area (Å²) in [6.07, 6.45) is 5.29. The van der Waals surface area contributed by atoms with Crippen LogP contribution in [-0.4, -0.2) is 36.1 Å². The van der Waals surface area contributed by atoms with Crippen LogP contribution in [0.3, 0.4) is 0 Å². The Bertz CT molecular complexity index is 418. The number of aryl methyl sites for hydroxylation is 1. The van der Waals surface area contributed by atoms with Crippen LogP contribution in [0.2, 0.25) is 0 Å². The Balaban J connectivity index is 2.03.